The number of rotatable bonds is 6. The van der Waals surface area contributed by atoms with Gasteiger partial charge < -0.3 is 14.8 Å². The maximum atomic E-state index is 12.4. The Morgan fingerprint density at radius 3 is 2.88 bits per heavy atom. The molecule has 0 bridgehead atoms. The first-order chi connectivity index (χ1) is 12.5. The number of thiophene rings is 1. The number of fused-ring (bicyclic) bond motifs is 1. The smallest absolute Gasteiger partial charge is 0.387 e. The van der Waals surface area contributed by atoms with Crippen LogP contribution in [0.2, 0.25) is 0 Å². The second-order valence-corrected chi connectivity index (χ2v) is 7.59. The Hall–Kier alpha value is -2.15. The van der Waals surface area contributed by atoms with Gasteiger partial charge in [0.1, 0.15) is 0 Å². The van der Waals surface area contributed by atoms with Gasteiger partial charge in [-0.05, 0) is 54.5 Å². The van der Waals surface area contributed by atoms with E-state index in [-0.39, 0.29) is 24.0 Å². The van der Waals surface area contributed by atoms with Crippen LogP contribution in [0.3, 0.4) is 0 Å². The molecule has 26 heavy (non-hydrogen) atoms. The summed E-state index contributed by atoms with van der Waals surface area (Å²) in [5.74, 6) is 0.716. The number of carbonyl (C=O) groups excluding carboxylic acids is 1. The minimum absolute atomic E-state index is 0.0300. The Bertz CT molecular complexity index is 791. The quantitative estimate of drug-likeness (QED) is 0.806. The number of amides is 1. The molecule has 3 rings (SSSR count). The van der Waals surface area contributed by atoms with Gasteiger partial charge in [-0.2, -0.15) is 8.78 Å². The summed E-state index contributed by atoms with van der Waals surface area (Å²) >= 11 is 1.56. The van der Waals surface area contributed by atoms with E-state index >= 15 is 0 Å². The fourth-order valence-electron chi connectivity index (χ4n) is 3.10. The second kappa shape index (κ2) is 8.03. The molecule has 1 heterocycles. The number of ether oxygens (including phenoxy) is 2. The highest BCUT2D eigenvalue weighted by Crippen LogP contribution is 2.32. The zero-order chi connectivity index (χ0) is 18.7. The summed E-state index contributed by atoms with van der Waals surface area (Å²) in [6.45, 7) is -0.403. The van der Waals surface area contributed by atoms with Crippen molar-refractivity contribution in [3.63, 3.8) is 0 Å². The molecule has 0 radical (unpaired) electrons. The zero-order valence-electron chi connectivity index (χ0n) is 14.7. The molecular formula is C19H21F2NO3S. The molecule has 1 amide bonds. The Morgan fingerprint density at radius 2 is 2.15 bits per heavy atom. The molecule has 2 aromatic rings. The third kappa shape index (κ3) is 4.33. The summed E-state index contributed by atoms with van der Waals surface area (Å²) in [7, 11) is 1.38. The first-order valence-corrected chi connectivity index (χ1v) is 9.29. The predicted molar refractivity (Wildman–Crippen MR) is 96.3 cm³/mol. The molecule has 1 N–H and O–H groups in total. The molecule has 0 fully saturated rings. The summed E-state index contributed by atoms with van der Waals surface area (Å²) in [4.78, 5) is 14.5. The van der Waals surface area contributed by atoms with E-state index in [0.717, 1.165) is 18.4 Å². The van der Waals surface area contributed by atoms with Crippen molar-refractivity contribution < 1.29 is 23.0 Å². The van der Waals surface area contributed by atoms with Crippen LogP contribution >= 0.6 is 11.3 Å². The molecule has 0 aliphatic heterocycles. The lowest BCUT2D eigenvalue weighted by atomic mass is 9.90. The van der Waals surface area contributed by atoms with E-state index in [9.17, 15) is 13.6 Å². The number of alkyl halides is 2. The first-order valence-electron chi connectivity index (χ1n) is 8.47. The van der Waals surface area contributed by atoms with Gasteiger partial charge in [-0.1, -0.05) is 13.0 Å². The lowest BCUT2D eigenvalue weighted by Gasteiger charge is -2.16. The lowest BCUT2D eigenvalue weighted by Crippen LogP contribution is -2.21. The highest BCUT2D eigenvalue weighted by molar-refractivity contribution is 7.14. The van der Waals surface area contributed by atoms with E-state index in [1.165, 1.54) is 30.0 Å². The molecule has 1 aromatic heterocycles. The fourth-order valence-corrected chi connectivity index (χ4v) is 4.23. The van der Waals surface area contributed by atoms with Crippen molar-refractivity contribution in [3.8, 4) is 11.5 Å². The van der Waals surface area contributed by atoms with Gasteiger partial charge in [0.05, 0.1) is 12.0 Å². The molecule has 0 saturated heterocycles. The van der Waals surface area contributed by atoms with Crippen LogP contribution in [0.5, 0.6) is 11.5 Å². The van der Waals surface area contributed by atoms with Crippen molar-refractivity contribution in [2.75, 3.05) is 7.11 Å². The Morgan fingerprint density at radius 1 is 1.35 bits per heavy atom. The molecule has 0 spiro atoms. The summed E-state index contributed by atoms with van der Waals surface area (Å²) in [5, 5.41) is 2.87. The Kier molecular flexibility index (Phi) is 5.76. The number of benzene rings is 1. The number of carbonyl (C=O) groups is 1. The summed E-state index contributed by atoms with van der Waals surface area (Å²) in [5.41, 5.74) is 2.03. The van der Waals surface area contributed by atoms with Gasteiger partial charge in [-0.15, -0.1) is 11.3 Å². The van der Waals surface area contributed by atoms with Crippen LogP contribution in [-0.2, 0) is 19.4 Å². The largest absolute Gasteiger partial charge is 0.493 e. The predicted octanol–water partition coefficient (Wildman–Crippen LogP) is 4.41. The third-order valence-electron chi connectivity index (χ3n) is 4.45. The maximum Gasteiger partial charge on any atom is 0.387 e. The van der Waals surface area contributed by atoms with Crippen molar-refractivity contribution >= 4 is 17.2 Å². The van der Waals surface area contributed by atoms with Gasteiger partial charge in [0.25, 0.3) is 5.91 Å². The second-order valence-electron chi connectivity index (χ2n) is 6.45. The van der Waals surface area contributed by atoms with Crippen molar-refractivity contribution in [1.29, 1.82) is 0 Å². The molecule has 4 nitrogen and oxygen atoms in total. The number of hydrogen-bond acceptors (Lipinski definition) is 4. The van der Waals surface area contributed by atoms with Gasteiger partial charge in [0.2, 0.25) is 0 Å². The lowest BCUT2D eigenvalue weighted by molar-refractivity contribution is -0.0512. The van der Waals surface area contributed by atoms with Gasteiger partial charge in [0.15, 0.2) is 11.5 Å². The van der Waals surface area contributed by atoms with Crippen LogP contribution in [0.25, 0.3) is 0 Å². The molecule has 1 aliphatic carbocycles. The average Bonchev–Trinajstić information content (AvgIpc) is 3.03. The van der Waals surface area contributed by atoms with Crippen molar-refractivity contribution in [1.82, 2.24) is 5.32 Å². The normalized spacial score (nSPS) is 16.3. The molecule has 1 atom stereocenters. The topological polar surface area (TPSA) is 47.6 Å². The van der Waals surface area contributed by atoms with E-state index in [1.807, 2.05) is 6.07 Å². The zero-order valence-corrected chi connectivity index (χ0v) is 15.5. The minimum Gasteiger partial charge on any atom is -0.493 e. The molecule has 1 aromatic carbocycles. The van der Waals surface area contributed by atoms with Crippen molar-refractivity contribution in [3.05, 3.63) is 45.1 Å². The number of methoxy groups -OCH3 is 1. The molecule has 7 heteroatoms. The van der Waals surface area contributed by atoms with E-state index in [0.29, 0.717) is 10.8 Å². The molecule has 1 aliphatic rings. The summed E-state index contributed by atoms with van der Waals surface area (Å²) in [6.07, 6.45) is 3.24. The van der Waals surface area contributed by atoms with E-state index in [1.54, 1.807) is 23.5 Å². The molecule has 0 saturated carbocycles. The van der Waals surface area contributed by atoms with Crippen LogP contribution in [0.4, 0.5) is 8.78 Å². The van der Waals surface area contributed by atoms with Crippen LogP contribution in [0, 0.1) is 5.92 Å². The molecule has 0 unspecified atom stereocenters. The fraction of sp³-hybridized carbons (Fsp3) is 0.421. The Labute approximate surface area is 155 Å². The van der Waals surface area contributed by atoms with Crippen LogP contribution in [0.15, 0.2) is 24.3 Å². The average molecular weight is 381 g/mol. The van der Waals surface area contributed by atoms with E-state index in [4.69, 9.17) is 4.74 Å². The molecular weight excluding hydrogens is 360 g/mol. The van der Waals surface area contributed by atoms with E-state index < -0.39 is 6.61 Å². The van der Waals surface area contributed by atoms with Gasteiger partial charge >= 0.3 is 6.61 Å². The Balaban J connectivity index is 1.64. The van der Waals surface area contributed by atoms with Crippen molar-refractivity contribution in [2.45, 2.75) is 39.3 Å². The number of aryl methyl sites for hydroxylation is 1. The highest BCUT2D eigenvalue weighted by Gasteiger charge is 2.20. The van der Waals surface area contributed by atoms with Crippen LogP contribution in [0.1, 0.15) is 39.0 Å². The SMILES string of the molecule is COc1cc(CNC(=O)c2cc3c(s2)CC[C@H](C)C3)ccc1OC(F)F. The number of halogens is 2. The summed E-state index contributed by atoms with van der Waals surface area (Å²) < 4.78 is 34.2. The highest BCUT2D eigenvalue weighted by atomic mass is 32.1. The third-order valence-corrected chi connectivity index (χ3v) is 5.69. The van der Waals surface area contributed by atoms with Gasteiger partial charge in [-0.3, -0.25) is 4.79 Å². The maximum absolute atomic E-state index is 12.4. The monoisotopic (exact) mass is 381 g/mol. The van der Waals surface area contributed by atoms with Crippen molar-refractivity contribution in [2.24, 2.45) is 5.92 Å². The van der Waals surface area contributed by atoms with E-state index in [2.05, 4.69) is 17.0 Å². The first kappa shape index (κ1) is 18.6. The standard InChI is InChI=1S/C19H21F2NO3S/c1-11-3-6-16-13(7-11)9-17(26-16)18(23)22-10-12-4-5-14(25-19(20)21)15(8-12)24-2/h4-5,8-9,11,19H,3,6-7,10H2,1-2H3,(H,22,23)/t11-/m0/s1. The van der Waals surface area contributed by atoms with Gasteiger partial charge in [-0.25, -0.2) is 0 Å². The van der Waals surface area contributed by atoms with Gasteiger partial charge in [0, 0.05) is 11.4 Å². The number of nitrogens with one attached hydrogen (secondary N) is 1. The molecule has 140 valence electrons. The van der Waals surface area contributed by atoms with Crippen LogP contribution < -0.4 is 14.8 Å². The number of hydrogen-bond donors (Lipinski definition) is 1. The van der Waals surface area contributed by atoms with Crippen LogP contribution in [-0.4, -0.2) is 19.6 Å². The minimum atomic E-state index is -2.91. The summed E-state index contributed by atoms with van der Waals surface area (Å²) in [6, 6.07) is 6.61.